The molecule has 1 saturated heterocycles. The molecular weight excluding hydrogens is 420 g/mol. The van der Waals surface area contributed by atoms with Crippen LogP contribution < -0.4 is 5.43 Å². The van der Waals surface area contributed by atoms with Gasteiger partial charge in [-0.25, -0.2) is 5.43 Å². The summed E-state index contributed by atoms with van der Waals surface area (Å²) in [5, 5.41) is 4.01. The van der Waals surface area contributed by atoms with Gasteiger partial charge in [0, 0.05) is 21.5 Å². The first kappa shape index (κ1) is 18.6. The molecule has 132 valence electrons. The van der Waals surface area contributed by atoms with Crippen molar-refractivity contribution in [3.63, 3.8) is 0 Å². The summed E-state index contributed by atoms with van der Waals surface area (Å²) in [5.41, 5.74) is 4.75. The van der Waals surface area contributed by atoms with Crippen LogP contribution in [0, 0.1) is 6.92 Å². The van der Waals surface area contributed by atoms with Crippen molar-refractivity contribution in [2.24, 2.45) is 5.10 Å². The van der Waals surface area contributed by atoms with Gasteiger partial charge < -0.3 is 4.42 Å². The van der Waals surface area contributed by atoms with Crippen LogP contribution in [0.4, 0.5) is 0 Å². The van der Waals surface area contributed by atoms with E-state index in [4.69, 9.17) is 4.42 Å². The van der Waals surface area contributed by atoms with Crippen LogP contribution in [0.5, 0.6) is 0 Å². The lowest BCUT2D eigenvalue weighted by Gasteiger charge is -2.19. The van der Waals surface area contributed by atoms with Crippen molar-refractivity contribution in [2.75, 3.05) is 11.5 Å². The number of thioether (sulfide) groups is 2. The summed E-state index contributed by atoms with van der Waals surface area (Å²) in [7, 11) is 0. The number of aryl methyl sites for hydroxylation is 1. The first-order valence-corrected chi connectivity index (χ1v) is 10.7. The molecule has 7 heteroatoms. The van der Waals surface area contributed by atoms with E-state index in [1.54, 1.807) is 0 Å². The number of furan rings is 1. The number of benzene rings is 1. The summed E-state index contributed by atoms with van der Waals surface area (Å²) in [5.74, 6) is 3.49. The SMILES string of the molecule is Cc1ccc(-c2ccc(/C=N\NC(=O)CC3(C)SCCS3)o2)cc1Br. The minimum Gasteiger partial charge on any atom is -0.455 e. The topological polar surface area (TPSA) is 54.6 Å². The van der Waals surface area contributed by atoms with Gasteiger partial charge in [-0.1, -0.05) is 28.1 Å². The summed E-state index contributed by atoms with van der Waals surface area (Å²) in [6.07, 6.45) is 1.99. The molecule has 1 aliphatic heterocycles. The molecule has 4 nitrogen and oxygen atoms in total. The summed E-state index contributed by atoms with van der Waals surface area (Å²) >= 11 is 7.20. The van der Waals surface area contributed by atoms with Crippen molar-refractivity contribution >= 4 is 51.6 Å². The van der Waals surface area contributed by atoms with Crippen LogP contribution >= 0.6 is 39.5 Å². The van der Waals surface area contributed by atoms with Crippen molar-refractivity contribution in [1.82, 2.24) is 5.43 Å². The third-order valence-electron chi connectivity index (χ3n) is 3.84. The zero-order valence-electron chi connectivity index (χ0n) is 14.0. The Hall–Kier alpha value is -1.18. The molecule has 3 rings (SSSR count). The predicted octanol–water partition coefficient (Wildman–Crippen LogP) is 5.05. The molecule has 0 radical (unpaired) electrons. The maximum atomic E-state index is 12.0. The molecule has 1 N–H and O–H groups in total. The number of hydrogen-bond donors (Lipinski definition) is 1. The fourth-order valence-corrected chi connectivity index (χ4v) is 5.69. The predicted molar refractivity (Wildman–Crippen MR) is 110 cm³/mol. The Balaban J connectivity index is 1.58. The van der Waals surface area contributed by atoms with Crippen LogP contribution in [0.1, 0.15) is 24.7 Å². The van der Waals surface area contributed by atoms with Gasteiger partial charge >= 0.3 is 0 Å². The van der Waals surface area contributed by atoms with Gasteiger partial charge in [-0.15, -0.1) is 23.5 Å². The van der Waals surface area contributed by atoms with Crippen LogP contribution in [0.3, 0.4) is 0 Å². The number of nitrogens with one attached hydrogen (secondary N) is 1. The van der Waals surface area contributed by atoms with E-state index in [0.29, 0.717) is 12.2 Å². The number of carbonyl (C=O) groups is 1. The van der Waals surface area contributed by atoms with E-state index in [2.05, 4.69) is 33.4 Å². The highest BCUT2D eigenvalue weighted by molar-refractivity contribution is 9.10. The largest absolute Gasteiger partial charge is 0.455 e. The number of amides is 1. The molecule has 1 amide bonds. The standard InChI is InChI=1S/C18H19BrN2O2S2/c1-12-3-4-13(9-15(12)19)16-6-5-14(23-16)11-20-21-17(22)10-18(2)24-7-8-25-18/h3-6,9,11H,7-8,10H2,1-2H3,(H,21,22)/b20-11-. The Bertz CT molecular complexity index is 798. The summed E-state index contributed by atoms with van der Waals surface area (Å²) < 4.78 is 6.78. The Morgan fingerprint density at radius 2 is 2.12 bits per heavy atom. The fourth-order valence-electron chi connectivity index (χ4n) is 2.48. The van der Waals surface area contributed by atoms with Crippen molar-refractivity contribution in [3.05, 3.63) is 46.1 Å². The van der Waals surface area contributed by atoms with Crippen LogP contribution in [-0.2, 0) is 4.79 Å². The van der Waals surface area contributed by atoms with Gasteiger partial charge in [-0.05, 0) is 37.6 Å². The van der Waals surface area contributed by atoms with Crippen LogP contribution in [0.25, 0.3) is 11.3 Å². The van der Waals surface area contributed by atoms with E-state index in [9.17, 15) is 4.79 Å². The van der Waals surface area contributed by atoms with Gasteiger partial charge in [0.05, 0.1) is 16.7 Å². The second-order valence-electron chi connectivity index (χ2n) is 5.97. The minimum absolute atomic E-state index is 0.0315. The molecule has 25 heavy (non-hydrogen) atoms. The molecular formula is C18H19BrN2O2S2. The molecule has 1 aromatic carbocycles. The number of rotatable bonds is 5. The highest BCUT2D eigenvalue weighted by Gasteiger charge is 2.32. The average Bonchev–Trinajstić information content (AvgIpc) is 3.19. The van der Waals surface area contributed by atoms with E-state index in [0.717, 1.165) is 27.3 Å². The summed E-state index contributed by atoms with van der Waals surface area (Å²) in [4.78, 5) is 12.0. The first-order chi connectivity index (χ1) is 12.0. The van der Waals surface area contributed by atoms with Gasteiger partial charge in [0.15, 0.2) is 0 Å². The van der Waals surface area contributed by atoms with Gasteiger partial charge in [0.2, 0.25) is 5.91 Å². The van der Waals surface area contributed by atoms with E-state index < -0.39 is 0 Å². The number of hydrazone groups is 1. The lowest BCUT2D eigenvalue weighted by atomic mass is 10.1. The molecule has 0 atom stereocenters. The van der Waals surface area contributed by atoms with Crippen molar-refractivity contribution in [2.45, 2.75) is 24.3 Å². The normalized spacial score (nSPS) is 16.4. The average molecular weight is 439 g/mol. The van der Waals surface area contributed by atoms with E-state index in [1.807, 2.05) is 60.8 Å². The lowest BCUT2D eigenvalue weighted by Crippen LogP contribution is -2.26. The van der Waals surface area contributed by atoms with Crippen LogP contribution in [-0.4, -0.2) is 27.7 Å². The third-order valence-corrected chi connectivity index (χ3v) is 7.99. The van der Waals surface area contributed by atoms with E-state index in [1.165, 1.54) is 11.8 Å². The molecule has 0 unspecified atom stereocenters. The van der Waals surface area contributed by atoms with Crippen LogP contribution in [0.15, 0.2) is 44.3 Å². The molecule has 1 aliphatic rings. The smallest absolute Gasteiger partial charge is 0.242 e. The van der Waals surface area contributed by atoms with Gasteiger partial charge in [-0.2, -0.15) is 5.10 Å². The fraction of sp³-hybridized carbons (Fsp3) is 0.333. The zero-order chi connectivity index (χ0) is 17.9. The lowest BCUT2D eigenvalue weighted by molar-refractivity contribution is -0.121. The maximum Gasteiger partial charge on any atom is 0.242 e. The Morgan fingerprint density at radius 1 is 1.36 bits per heavy atom. The van der Waals surface area contributed by atoms with Crippen LogP contribution in [0.2, 0.25) is 0 Å². The monoisotopic (exact) mass is 438 g/mol. The Labute approximate surface area is 164 Å². The number of carbonyl (C=O) groups excluding carboxylic acids is 1. The van der Waals surface area contributed by atoms with Gasteiger partial charge in [0.1, 0.15) is 11.5 Å². The number of halogens is 1. The van der Waals surface area contributed by atoms with Crippen molar-refractivity contribution < 1.29 is 9.21 Å². The van der Waals surface area contributed by atoms with Crippen molar-refractivity contribution in [1.29, 1.82) is 0 Å². The van der Waals surface area contributed by atoms with E-state index >= 15 is 0 Å². The molecule has 1 fully saturated rings. The summed E-state index contributed by atoms with van der Waals surface area (Å²) in [6, 6.07) is 9.80. The third kappa shape index (κ3) is 4.92. The molecule has 2 aromatic rings. The Kier molecular flexibility index (Phi) is 5.96. The molecule has 0 aliphatic carbocycles. The first-order valence-electron chi connectivity index (χ1n) is 7.91. The molecule has 0 spiro atoms. The Morgan fingerprint density at radius 3 is 2.84 bits per heavy atom. The summed E-state index contributed by atoms with van der Waals surface area (Å²) in [6.45, 7) is 4.15. The van der Waals surface area contributed by atoms with Gasteiger partial charge in [-0.3, -0.25) is 4.79 Å². The highest BCUT2D eigenvalue weighted by Crippen LogP contribution is 2.45. The second kappa shape index (κ2) is 8.01. The van der Waals surface area contributed by atoms with E-state index in [-0.39, 0.29) is 9.99 Å². The molecule has 0 bridgehead atoms. The minimum atomic E-state index is -0.0742. The molecule has 0 saturated carbocycles. The number of nitrogens with zero attached hydrogens (tertiary/aromatic N) is 1. The van der Waals surface area contributed by atoms with Crippen molar-refractivity contribution in [3.8, 4) is 11.3 Å². The number of hydrogen-bond acceptors (Lipinski definition) is 5. The van der Waals surface area contributed by atoms with Gasteiger partial charge in [0.25, 0.3) is 0 Å². The zero-order valence-corrected chi connectivity index (χ0v) is 17.3. The highest BCUT2D eigenvalue weighted by atomic mass is 79.9. The quantitative estimate of drug-likeness (QED) is 0.523. The maximum absolute atomic E-state index is 12.0. The second-order valence-corrected chi connectivity index (χ2v) is 10.3. The molecule has 1 aromatic heterocycles. The molecule has 2 heterocycles.